The second kappa shape index (κ2) is 7.06. The summed E-state index contributed by atoms with van der Waals surface area (Å²) in [5.41, 5.74) is -0.503. The van der Waals surface area contributed by atoms with E-state index in [4.69, 9.17) is 16.0 Å². The molecule has 2 rings (SSSR count). The standard InChI is InChI=1S/C15H13ClN2O5/c1-9(7-13(19)14-3-2-6-23-14)17-15(20)11-5-4-10(16)8-12(11)18(21)22/h2-6,8-9H,7H2,1H3,(H,17,20). The highest BCUT2D eigenvalue weighted by Crippen LogP contribution is 2.23. The van der Waals surface area contributed by atoms with E-state index in [0.717, 1.165) is 6.07 Å². The average molecular weight is 337 g/mol. The Kier molecular flexibility index (Phi) is 5.13. The zero-order valence-electron chi connectivity index (χ0n) is 12.1. The minimum absolute atomic E-state index is 0.0145. The molecule has 0 saturated carbocycles. The molecule has 2 aromatic rings. The molecule has 0 aliphatic carbocycles. The number of nitrogens with one attached hydrogen (secondary N) is 1. The lowest BCUT2D eigenvalue weighted by Crippen LogP contribution is -2.34. The molecule has 0 fully saturated rings. The van der Waals surface area contributed by atoms with Crippen LogP contribution >= 0.6 is 11.6 Å². The zero-order chi connectivity index (χ0) is 17.0. The summed E-state index contributed by atoms with van der Waals surface area (Å²) in [6.45, 7) is 1.63. The molecule has 23 heavy (non-hydrogen) atoms. The van der Waals surface area contributed by atoms with Crippen LogP contribution in [0.3, 0.4) is 0 Å². The van der Waals surface area contributed by atoms with Crippen molar-refractivity contribution in [1.29, 1.82) is 0 Å². The quantitative estimate of drug-likeness (QED) is 0.495. The van der Waals surface area contributed by atoms with Crippen LogP contribution in [0.4, 0.5) is 5.69 Å². The number of hydrogen-bond acceptors (Lipinski definition) is 5. The lowest BCUT2D eigenvalue weighted by Gasteiger charge is -2.12. The number of nitro groups is 1. The van der Waals surface area contributed by atoms with Gasteiger partial charge in [-0.25, -0.2) is 0 Å². The van der Waals surface area contributed by atoms with Crippen LogP contribution in [-0.2, 0) is 0 Å². The van der Waals surface area contributed by atoms with Crippen molar-refractivity contribution in [2.75, 3.05) is 0 Å². The highest BCUT2D eigenvalue weighted by molar-refractivity contribution is 6.31. The Hall–Kier alpha value is -2.67. The number of ketones is 1. The van der Waals surface area contributed by atoms with Crippen molar-refractivity contribution in [2.24, 2.45) is 0 Å². The van der Waals surface area contributed by atoms with Crippen molar-refractivity contribution in [3.63, 3.8) is 0 Å². The SMILES string of the molecule is CC(CC(=O)c1ccco1)NC(=O)c1ccc(Cl)cc1[N+](=O)[O-]. The average Bonchev–Trinajstić information content (AvgIpc) is 3.00. The molecule has 0 aliphatic heterocycles. The molecule has 0 aliphatic rings. The number of amides is 1. The smallest absolute Gasteiger partial charge is 0.283 e. The van der Waals surface area contributed by atoms with Crippen molar-refractivity contribution >= 4 is 29.0 Å². The van der Waals surface area contributed by atoms with Gasteiger partial charge in [0.1, 0.15) is 5.56 Å². The Labute approximate surface area is 136 Å². The Morgan fingerprint density at radius 3 is 2.74 bits per heavy atom. The highest BCUT2D eigenvalue weighted by Gasteiger charge is 2.23. The van der Waals surface area contributed by atoms with Crippen LogP contribution in [0.2, 0.25) is 5.02 Å². The fourth-order valence-corrected chi connectivity index (χ4v) is 2.18. The lowest BCUT2D eigenvalue weighted by molar-refractivity contribution is -0.385. The van der Waals surface area contributed by atoms with Crippen molar-refractivity contribution in [3.05, 3.63) is 63.1 Å². The summed E-state index contributed by atoms with van der Waals surface area (Å²) in [5, 5.41) is 13.7. The summed E-state index contributed by atoms with van der Waals surface area (Å²) in [6, 6.07) is 6.37. The van der Waals surface area contributed by atoms with Gasteiger partial charge < -0.3 is 9.73 Å². The molecule has 1 unspecified atom stereocenters. The van der Waals surface area contributed by atoms with Gasteiger partial charge in [-0.15, -0.1) is 0 Å². The van der Waals surface area contributed by atoms with Gasteiger partial charge in [0.25, 0.3) is 11.6 Å². The molecular weight excluding hydrogens is 324 g/mol. The number of furan rings is 1. The Bertz CT molecular complexity index is 742. The molecule has 1 atom stereocenters. The van der Waals surface area contributed by atoms with Crippen molar-refractivity contribution in [1.82, 2.24) is 5.32 Å². The predicted molar refractivity (Wildman–Crippen MR) is 82.7 cm³/mol. The number of nitro benzene ring substituents is 1. The second-order valence-corrected chi connectivity index (χ2v) is 5.33. The van der Waals surface area contributed by atoms with E-state index < -0.39 is 16.9 Å². The number of rotatable bonds is 6. The van der Waals surface area contributed by atoms with Gasteiger partial charge in [-0.3, -0.25) is 19.7 Å². The third-order valence-corrected chi connectivity index (χ3v) is 3.30. The minimum Gasteiger partial charge on any atom is -0.461 e. The third-order valence-electron chi connectivity index (χ3n) is 3.07. The van der Waals surface area contributed by atoms with E-state index in [2.05, 4.69) is 5.32 Å². The number of halogens is 1. The molecular formula is C15H13ClN2O5. The normalized spacial score (nSPS) is 11.7. The van der Waals surface area contributed by atoms with Crippen LogP contribution in [0.5, 0.6) is 0 Å². The summed E-state index contributed by atoms with van der Waals surface area (Å²) in [7, 11) is 0. The van der Waals surface area contributed by atoms with Gasteiger partial charge in [-0.1, -0.05) is 11.6 Å². The molecule has 1 amide bonds. The first kappa shape index (κ1) is 16.7. The maximum absolute atomic E-state index is 12.2. The number of nitrogens with zero attached hydrogens (tertiary/aromatic N) is 1. The van der Waals surface area contributed by atoms with E-state index in [-0.39, 0.29) is 34.2 Å². The molecule has 7 nitrogen and oxygen atoms in total. The van der Waals surface area contributed by atoms with Crippen LogP contribution in [-0.4, -0.2) is 22.7 Å². The Balaban J connectivity index is 2.07. The Morgan fingerprint density at radius 1 is 1.39 bits per heavy atom. The van der Waals surface area contributed by atoms with Gasteiger partial charge in [-0.2, -0.15) is 0 Å². The Morgan fingerprint density at radius 2 is 2.13 bits per heavy atom. The molecule has 1 aromatic heterocycles. The van der Waals surface area contributed by atoms with Crippen LogP contribution in [0, 0.1) is 10.1 Å². The monoisotopic (exact) mass is 336 g/mol. The molecule has 1 aromatic carbocycles. The van der Waals surface area contributed by atoms with E-state index in [1.165, 1.54) is 24.5 Å². The predicted octanol–water partition coefficient (Wildman–Crippen LogP) is 3.23. The molecule has 1 heterocycles. The van der Waals surface area contributed by atoms with Gasteiger partial charge in [0.2, 0.25) is 0 Å². The number of benzene rings is 1. The lowest BCUT2D eigenvalue weighted by atomic mass is 10.1. The summed E-state index contributed by atoms with van der Waals surface area (Å²) in [5.74, 6) is -0.718. The number of Topliss-reactive ketones (excluding diaryl/α,β-unsaturated/α-hetero) is 1. The van der Waals surface area contributed by atoms with Crippen LogP contribution < -0.4 is 5.32 Å². The minimum atomic E-state index is -0.681. The van der Waals surface area contributed by atoms with Crippen molar-refractivity contribution in [3.8, 4) is 0 Å². The number of carbonyl (C=O) groups excluding carboxylic acids is 2. The molecule has 8 heteroatoms. The maximum atomic E-state index is 12.2. The topological polar surface area (TPSA) is 102 Å². The van der Waals surface area contributed by atoms with Gasteiger partial charge in [0, 0.05) is 23.6 Å². The van der Waals surface area contributed by atoms with Gasteiger partial charge in [0.05, 0.1) is 11.2 Å². The van der Waals surface area contributed by atoms with Crippen molar-refractivity contribution < 1.29 is 18.9 Å². The van der Waals surface area contributed by atoms with Gasteiger partial charge in [0.15, 0.2) is 11.5 Å². The molecule has 120 valence electrons. The summed E-state index contributed by atoms with van der Waals surface area (Å²) in [6.07, 6.45) is 1.40. The highest BCUT2D eigenvalue weighted by atomic mass is 35.5. The fraction of sp³-hybridized carbons (Fsp3) is 0.200. The fourth-order valence-electron chi connectivity index (χ4n) is 2.02. The van der Waals surface area contributed by atoms with Crippen LogP contribution in [0.25, 0.3) is 0 Å². The van der Waals surface area contributed by atoms with E-state index in [1.54, 1.807) is 13.0 Å². The van der Waals surface area contributed by atoms with Crippen molar-refractivity contribution in [2.45, 2.75) is 19.4 Å². The largest absolute Gasteiger partial charge is 0.461 e. The molecule has 1 N–H and O–H groups in total. The molecule has 0 spiro atoms. The van der Waals surface area contributed by atoms with Gasteiger partial charge >= 0.3 is 0 Å². The third kappa shape index (κ3) is 4.17. The molecule has 0 radical (unpaired) electrons. The number of carbonyl (C=O) groups is 2. The molecule has 0 bridgehead atoms. The first-order chi connectivity index (χ1) is 10.9. The van der Waals surface area contributed by atoms with E-state index >= 15 is 0 Å². The van der Waals surface area contributed by atoms with Gasteiger partial charge in [-0.05, 0) is 31.2 Å². The number of hydrogen-bond donors (Lipinski definition) is 1. The van der Waals surface area contributed by atoms with Crippen LogP contribution in [0.1, 0.15) is 34.3 Å². The zero-order valence-corrected chi connectivity index (χ0v) is 12.9. The maximum Gasteiger partial charge on any atom is 0.283 e. The van der Waals surface area contributed by atoms with E-state index in [1.807, 2.05) is 0 Å². The first-order valence-corrected chi connectivity index (χ1v) is 7.07. The molecule has 0 saturated heterocycles. The summed E-state index contributed by atoms with van der Waals surface area (Å²) >= 11 is 5.71. The van der Waals surface area contributed by atoms with E-state index in [0.29, 0.717) is 0 Å². The van der Waals surface area contributed by atoms with Crippen LogP contribution in [0.15, 0.2) is 41.0 Å². The first-order valence-electron chi connectivity index (χ1n) is 6.70. The van der Waals surface area contributed by atoms with E-state index in [9.17, 15) is 19.7 Å². The summed E-state index contributed by atoms with van der Waals surface area (Å²) < 4.78 is 4.98. The second-order valence-electron chi connectivity index (χ2n) is 4.90. The summed E-state index contributed by atoms with van der Waals surface area (Å²) in [4.78, 5) is 34.4.